The molecular weight excluding hydrogens is 687 g/mol. The summed E-state index contributed by atoms with van der Waals surface area (Å²) in [5.41, 5.74) is 3.10. The minimum absolute atomic E-state index is 0.134. The molecular formula is C40H71NO5Si4. The molecule has 0 aromatic heterocycles. The molecule has 0 aliphatic heterocycles. The van der Waals surface area contributed by atoms with Gasteiger partial charge in [-0.25, -0.2) is 0 Å². The van der Waals surface area contributed by atoms with Crippen LogP contribution in [0, 0.1) is 28.6 Å². The molecule has 0 heterocycles. The summed E-state index contributed by atoms with van der Waals surface area (Å²) in [5.74, 6) is 1.53. The van der Waals surface area contributed by atoms with E-state index in [1.807, 2.05) is 6.07 Å². The lowest BCUT2D eigenvalue weighted by Gasteiger charge is -2.63. The van der Waals surface area contributed by atoms with Crippen LogP contribution >= 0.6 is 0 Å². The maximum absolute atomic E-state index is 7.63. The first-order valence-electron chi connectivity index (χ1n) is 19.6. The third-order valence-electron chi connectivity index (χ3n) is 12.0. The van der Waals surface area contributed by atoms with Gasteiger partial charge in [0, 0.05) is 17.6 Å². The van der Waals surface area contributed by atoms with Crippen molar-refractivity contribution < 1.29 is 22.5 Å². The van der Waals surface area contributed by atoms with Crippen LogP contribution in [0.3, 0.4) is 0 Å². The molecule has 0 saturated heterocycles. The van der Waals surface area contributed by atoms with Crippen LogP contribution in [0.2, 0.25) is 78.6 Å². The van der Waals surface area contributed by atoms with Crippen LogP contribution in [-0.4, -0.2) is 63.4 Å². The van der Waals surface area contributed by atoms with Crippen molar-refractivity contribution in [3.8, 4) is 0 Å². The molecule has 8 atom stereocenters. The van der Waals surface area contributed by atoms with E-state index in [2.05, 4.69) is 123 Å². The van der Waals surface area contributed by atoms with E-state index in [-0.39, 0.29) is 16.9 Å². The molecule has 0 amide bonds. The van der Waals surface area contributed by atoms with Crippen LogP contribution in [0.4, 0.5) is 0 Å². The Kier molecular flexibility index (Phi) is 11.6. The summed E-state index contributed by atoms with van der Waals surface area (Å²) in [4.78, 5) is 6.28. The van der Waals surface area contributed by atoms with Crippen molar-refractivity contribution in [3.63, 3.8) is 0 Å². The lowest BCUT2D eigenvalue weighted by atomic mass is 9.46. The molecule has 3 saturated carbocycles. The van der Waals surface area contributed by atoms with Crippen LogP contribution in [0.15, 0.2) is 47.1 Å². The third kappa shape index (κ3) is 8.91. The Morgan fingerprint density at radius 2 is 1.46 bits per heavy atom. The van der Waals surface area contributed by atoms with Crippen molar-refractivity contribution in [2.45, 2.75) is 162 Å². The van der Waals surface area contributed by atoms with Gasteiger partial charge in [0.1, 0.15) is 17.9 Å². The molecule has 50 heavy (non-hydrogen) atoms. The first-order chi connectivity index (χ1) is 22.9. The summed E-state index contributed by atoms with van der Waals surface area (Å²) in [6, 6.07) is 10.4. The number of hydrogen-bond donors (Lipinski definition) is 0. The van der Waals surface area contributed by atoms with Gasteiger partial charge in [-0.05, 0) is 152 Å². The van der Waals surface area contributed by atoms with Crippen LogP contribution in [0.25, 0.3) is 0 Å². The summed E-state index contributed by atoms with van der Waals surface area (Å²) in [7, 11) is -7.46. The van der Waals surface area contributed by atoms with Gasteiger partial charge in [-0.3, -0.25) is 0 Å². The highest BCUT2D eigenvalue weighted by Crippen LogP contribution is 2.69. The summed E-state index contributed by atoms with van der Waals surface area (Å²) in [6.45, 7) is 34.0. The smallest absolute Gasteiger partial charge is 0.185 e. The van der Waals surface area contributed by atoms with Crippen molar-refractivity contribution in [1.29, 1.82) is 0 Å². The molecule has 0 unspecified atom stereocenters. The quantitative estimate of drug-likeness (QED) is 0.0868. The van der Waals surface area contributed by atoms with Gasteiger partial charge in [0.15, 0.2) is 33.3 Å². The van der Waals surface area contributed by atoms with Crippen LogP contribution in [-0.2, 0) is 29.1 Å². The minimum atomic E-state index is -2.08. The first kappa shape index (κ1) is 40.3. The van der Waals surface area contributed by atoms with Gasteiger partial charge in [0.25, 0.3) is 0 Å². The Bertz CT molecular complexity index is 1390. The Hall–Kier alpha value is -0.862. The van der Waals surface area contributed by atoms with Gasteiger partial charge in [-0.2, -0.15) is 0 Å². The highest BCUT2D eigenvalue weighted by molar-refractivity contribution is 6.71. The summed E-state index contributed by atoms with van der Waals surface area (Å²) in [6.07, 6.45) is 10.8. The van der Waals surface area contributed by atoms with Crippen molar-refractivity contribution >= 4 is 39.0 Å². The SMILES string of the molecule is C[C@]12CC[C@H](O[Si](C)(C)C)CC1=CC[C@@H]1[C@@H]2[C@@H](O[Si](C)(C)C)C[C@@]2(C)[C@H]1CC[C@]2(O[Si](C)(C)C)/C(CO[Si](C)(C)C)=N/OCc1ccccc1. The van der Waals surface area contributed by atoms with Crippen LogP contribution < -0.4 is 0 Å². The number of benzene rings is 1. The second-order valence-corrected chi connectivity index (χ2v) is 38.3. The largest absolute Gasteiger partial charge is 0.414 e. The standard InChI is InChI=1S/C40H71NO5Si4/c1-38-24-22-32(44-48(6,7)8)26-31(38)20-21-33-34-23-25-40(46-50(12,13)14,39(34,2)27-35(37(33)38)45-49(9,10)11)36(29-43-47(3,4)5)41-42-28-30-18-16-15-17-19-30/h15-20,32-35,37H,21-29H2,1-14H3/b41-36+/t32-,33-,34-,35-,37+,38-,39-,40-/m0/s1. The molecule has 4 aliphatic carbocycles. The summed E-state index contributed by atoms with van der Waals surface area (Å²) < 4.78 is 28.6. The summed E-state index contributed by atoms with van der Waals surface area (Å²) >= 11 is 0. The molecule has 0 radical (unpaired) electrons. The lowest BCUT2D eigenvalue weighted by molar-refractivity contribution is -0.140. The van der Waals surface area contributed by atoms with E-state index in [1.165, 1.54) is 6.42 Å². The normalized spacial score (nSPS) is 35.2. The van der Waals surface area contributed by atoms with Gasteiger partial charge in [0.2, 0.25) is 0 Å². The zero-order valence-corrected chi connectivity index (χ0v) is 38.2. The van der Waals surface area contributed by atoms with Crippen molar-refractivity contribution in [2.75, 3.05) is 6.61 Å². The van der Waals surface area contributed by atoms with Gasteiger partial charge < -0.3 is 22.5 Å². The monoisotopic (exact) mass is 757 g/mol. The molecule has 282 valence electrons. The molecule has 6 nitrogen and oxygen atoms in total. The maximum atomic E-state index is 7.63. The molecule has 0 spiro atoms. The Morgan fingerprint density at radius 3 is 2.06 bits per heavy atom. The maximum Gasteiger partial charge on any atom is 0.185 e. The molecule has 1 aromatic carbocycles. The second-order valence-electron chi connectivity index (χ2n) is 20.4. The molecule has 0 bridgehead atoms. The topological polar surface area (TPSA) is 58.5 Å². The van der Waals surface area contributed by atoms with Crippen molar-refractivity contribution in [3.05, 3.63) is 47.5 Å². The predicted molar refractivity (Wildman–Crippen MR) is 219 cm³/mol. The van der Waals surface area contributed by atoms with E-state index in [9.17, 15) is 0 Å². The molecule has 3 fully saturated rings. The Labute approximate surface area is 310 Å². The van der Waals surface area contributed by atoms with Gasteiger partial charge in [0.05, 0.1) is 6.61 Å². The van der Waals surface area contributed by atoms with E-state index in [1.54, 1.807) is 5.57 Å². The second kappa shape index (κ2) is 14.4. The number of nitrogens with zero attached hydrogens (tertiary/aromatic N) is 1. The highest BCUT2D eigenvalue weighted by Gasteiger charge is 2.69. The van der Waals surface area contributed by atoms with Crippen LogP contribution in [0.1, 0.15) is 64.4 Å². The molecule has 4 aliphatic rings. The van der Waals surface area contributed by atoms with Crippen LogP contribution in [0.5, 0.6) is 0 Å². The fourth-order valence-corrected chi connectivity index (χ4v) is 14.8. The zero-order chi connectivity index (χ0) is 37.0. The fourth-order valence-electron chi connectivity index (χ4n) is 10.4. The van der Waals surface area contributed by atoms with E-state index in [4.69, 9.17) is 27.7 Å². The third-order valence-corrected chi connectivity index (χ3v) is 16.0. The first-order valence-corrected chi connectivity index (χ1v) is 33.2. The van der Waals surface area contributed by atoms with Gasteiger partial charge in [-0.15, -0.1) is 0 Å². The number of hydrogen-bond acceptors (Lipinski definition) is 6. The summed E-state index contributed by atoms with van der Waals surface area (Å²) in [5, 5.41) is 5.07. The number of allylic oxidation sites excluding steroid dienone is 1. The van der Waals surface area contributed by atoms with E-state index in [0.29, 0.717) is 37.1 Å². The van der Waals surface area contributed by atoms with Crippen molar-refractivity contribution in [1.82, 2.24) is 0 Å². The van der Waals surface area contributed by atoms with Gasteiger partial charge >= 0.3 is 0 Å². The number of fused-ring (bicyclic) bond motifs is 5. The number of rotatable bonds is 13. The van der Waals surface area contributed by atoms with Gasteiger partial charge in [-0.1, -0.05) is 61.0 Å². The average Bonchev–Trinajstić information content (AvgIpc) is 3.24. The molecule has 10 heteroatoms. The Balaban J connectivity index is 1.59. The zero-order valence-electron chi connectivity index (χ0n) is 34.2. The minimum Gasteiger partial charge on any atom is -0.414 e. The number of oxime groups is 1. The predicted octanol–water partition coefficient (Wildman–Crippen LogP) is 11.0. The highest BCUT2D eigenvalue weighted by atomic mass is 28.4. The molecule has 1 aromatic rings. The fraction of sp³-hybridized carbons (Fsp3) is 0.775. The average molecular weight is 758 g/mol. The lowest BCUT2D eigenvalue weighted by Crippen LogP contribution is -2.65. The van der Waals surface area contributed by atoms with E-state index in [0.717, 1.165) is 49.8 Å². The molecule has 0 N–H and O–H groups in total. The van der Waals surface area contributed by atoms with E-state index >= 15 is 0 Å². The van der Waals surface area contributed by atoms with E-state index < -0.39 is 38.9 Å². The van der Waals surface area contributed by atoms with Crippen molar-refractivity contribution in [2.24, 2.45) is 33.7 Å². The molecule has 5 rings (SSSR count). The Morgan fingerprint density at radius 1 is 0.800 bits per heavy atom.